The van der Waals surface area contributed by atoms with E-state index in [4.69, 9.17) is 9.47 Å². The van der Waals surface area contributed by atoms with Crippen molar-refractivity contribution in [3.63, 3.8) is 0 Å². The number of carbonyl (C=O) groups excluding carboxylic acids is 1. The molecule has 0 unspecified atom stereocenters. The van der Waals surface area contributed by atoms with Crippen molar-refractivity contribution in [2.45, 2.75) is 33.2 Å². The van der Waals surface area contributed by atoms with Gasteiger partial charge in [-0.1, -0.05) is 19.9 Å². The quantitative estimate of drug-likeness (QED) is 0.833. The summed E-state index contributed by atoms with van der Waals surface area (Å²) in [7, 11) is 0. The fourth-order valence-electron chi connectivity index (χ4n) is 2.67. The Hall–Kier alpha value is -1.59. The molecule has 0 saturated carbocycles. The van der Waals surface area contributed by atoms with Gasteiger partial charge >= 0.3 is 0 Å². The van der Waals surface area contributed by atoms with Crippen LogP contribution in [0.3, 0.4) is 0 Å². The van der Waals surface area contributed by atoms with Crippen LogP contribution in [0.2, 0.25) is 0 Å². The number of nitrogens with one attached hydrogen (secondary N) is 1. The van der Waals surface area contributed by atoms with Crippen molar-refractivity contribution in [3.8, 4) is 5.75 Å². The molecule has 5 heteroatoms. The molecule has 0 spiro atoms. The van der Waals surface area contributed by atoms with Gasteiger partial charge in [0.15, 0.2) is 0 Å². The molecule has 1 aromatic rings. The number of rotatable bonds is 7. The molecule has 1 aromatic carbocycles. The molecule has 5 nitrogen and oxygen atoms in total. The minimum Gasteiger partial charge on any atom is -0.493 e. The van der Waals surface area contributed by atoms with Gasteiger partial charge in [0.05, 0.1) is 19.8 Å². The summed E-state index contributed by atoms with van der Waals surface area (Å²) in [6.45, 7) is 13.1. The van der Waals surface area contributed by atoms with Crippen LogP contribution in [0.5, 0.6) is 5.75 Å². The van der Waals surface area contributed by atoms with Crippen LogP contribution in [0.15, 0.2) is 24.3 Å². The summed E-state index contributed by atoms with van der Waals surface area (Å²) in [4.78, 5) is 14.8. The lowest BCUT2D eigenvalue weighted by atomic mass is 10.0. The molecular formula is C19H30N2O3. The van der Waals surface area contributed by atoms with Gasteiger partial charge in [-0.15, -0.1) is 0 Å². The zero-order chi connectivity index (χ0) is 17.6. The van der Waals surface area contributed by atoms with E-state index >= 15 is 0 Å². The minimum atomic E-state index is -0.0921. The molecule has 1 saturated heterocycles. The predicted molar refractivity (Wildman–Crippen MR) is 95.6 cm³/mol. The van der Waals surface area contributed by atoms with Gasteiger partial charge in [0.2, 0.25) is 0 Å². The van der Waals surface area contributed by atoms with Crippen molar-refractivity contribution in [2.75, 3.05) is 39.5 Å². The Labute approximate surface area is 145 Å². The average molecular weight is 334 g/mol. The molecule has 1 N–H and O–H groups in total. The molecule has 0 aromatic heterocycles. The Morgan fingerprint density at radius 1 is 1.33 bits per heavy atom. The van der Waals surface area contributed by atoms with E-state index in [1.54, 1.807) is 6.07 Å². The number of morpholine rings is 1. The monoisotopic (exact) mass is 334 g/mol. The maximum atomic E-state index is 12.5. The Morgan fingerprint density at radius 2 is 2.04 bits per heavy atom. The third-order valence-electron chi connectivity index (χ3n) is 4.23. The fourth-order valence-corrected chi connectivity index (χ4v) is 2.67. The van der Waals surface area contributed by atoms with Crippen LogP contribution in [0, 0.1) is 5.92 Å². The van der Waals surface area contributed by atoms with E-state index in [1.165, 1.54) is 0 Å². The first kappa shape index (κ1) is 18.7. The van der Waals surface area contributed by atoms with Crippen LogP contribution < -0.4 is 10.1 Å². The second-order valence-corrected chi connectivity index (χ2v) is 7.33. The lowest BCUT2D eigenvalue weighted by Crippen LogP contribution is -2.55. The van der Waals surface area contributed by atoms with Gasteiger partial charge in [-0.3, -0.25) is 9.69 Å². The first-order chi connectivity index (χ1) is 11.4. The Balaban J connectivity index is 1.90. The van der Waals surface area contributed by atoms with E-state index in [0.29, 0.717) is 24.6 Å². The maximum Gasteiger partial charge on any atom is 0.251 e. The van der Waals surface area contributed by atoms with Crippen LogP contribution in [0.25, 0.3) is 0 Å². The maximum absolute atomic E-state index is 12.5. The lowest BCUT2D eigenvalue weighted by Gasteiger charge is -2.40. The molecular weight excluding hydrogens is 304 g/mol. The van der Waals surface area contributed by atoms with E-state index in [-0.39, 0.29) is 11.4 Å². The second kappa shape index (κ2) is 8.49. The zero-order valence-corrected chi connectivity index (χ0v) is 15.3. The van der Waals surface area contributed by atoms with Crippen molar-refractivity contribution in [1.29, 1.82) is 0 Å². The topological polar surface area (TPSA) is 50.8 Å². The van der Waals surface area contributed by atoms with Crippen LogP contribution in [-0.2, 0) is 4.74 Å². The molecule has 0 atom stereocenters. The number of ether oxygens (including phenoxy) is 2. The van der Waals surface area contributed by atoms with Crippen LogP contribution in [0.1, 0.15) is 38.1 Å². The first-order valence-electron chi connectivity index (χ1n) is 8.72. The van der Waals surface area contributed by atoms with Crippen LogP contribution in [0.4, 0.5) is 0 Å². The molecule has 0 aliphatic carbocycles. The lowest BCUT2D eigenvalue weighted by molar-refractivity contribution is -0.00923. The Bertz CT molecular complexity index is 537. The summed E-state index contributed by atoms with van der Waals surface area (Å²) in [5, 5.41) is 3.05. The van der Waals surface area contributed by atoms with Crippen LogP contribution >= 0.6 is 0 Å². The van der Waals surface area contributed by atoms with Crippen molar-refractivity contribution >= 4 is 5.91 Å². The van der Waals surface area contributed by atoms with E-state index < -0.39 is 0 Å². The highest BCUT2D eigenvalue weighted by Crippen LogP contribution is 2.17. The molecule has 24 heavy (non-hydrogen) atoms. The number of hydrogen-bond acceptors (Lipinski definition) is 4. The number of benzene rings is 1. The Kier molecular flexibility index (Phi) is 6.63. The molecule has 2 rings (SSSR count). The fraction of sp³-hybridized carbons (Fsp3) is 0.632. The van der Waals surface area contributed by atoms with E-state index in [1.807, 2.05) is 18.2 Å². The summed E-state index contributed by atoms with van der Waals surface area (Å²) < 4.78 is 11.1. The van der Waals surface area contributed by atoms with Gasteiger partial charge in [0.1, 0.15) is 5.75 Å². The van der Waals surface area contributed by atoms with Gasteiger partial charge in [-0.25, -0.2) is 0 Å². The van der Waals surface area contributed by atoms with Crippen molar-refractivity contribution in [3.05, 3.63) is 29.8 Å². The highest BCUT2D eigenvalue weighted by atomic mass is 16.5. The van der Waals surface area contributed by atoms with Gasteiger partial charge < -0.3 is 14.8 Å². The van der Waals surface area contributed by atoms with E-state index in [2.05, 4.69) is 37.9 Å². The molecule has 0 bridgehead atoms. The molecule has 1 heterocycles. The number of carbonyl (C=O) groups is 1. The Morgan fingerprint density at radius 3 is 2.71 bits per heavy atom. The highest BCUT2D eigenvalue weighted by Gasteiger charge is 2.28. The molecule has 1 amide bonds. The second-order valence-electron chi connectivity index (χ2n) is 7.33. The SMILES string of the molecule is CC(C)COc1cccc(C(=O)NCC(C)(C)N2CCOCC2)c1. The van der Waals surface area contributed by atoms with Gasteiger partial charge in [-0.2, -0.15) is 0 Å². The largest absolute Gasteiger partial charge is 0.493 e. The van der Waals surface area contributed by atoms with E-state index in [9.17, 15) is 4.79 Å². The van der Waals surface area contributed by atoms with E-state index in [0.717, 1.165) is 32.1 Å². The number of amides is 1. The predicted octanol–water partition coefficient (Wildman–Crippen LogP) is 2.56. The van der Waals surface area contributed by atoms with Gasteiger partial charge in [0.25, 0.3) is 5.91 Å². The van der Waals surface area contributed by atoms with Crippen molar-refractivity contribution < 1.29 is 14.3 Å². The molecule has 1 fully saturated rings. The molecule has 1 aliphatic heterocycles. The van der Waals surface area contributed by atoms with Gasteiger partial charge in [0, 0.05) is 30.7 Å². The highest BCUT2D eigenvalue weighted by molar-refractivity contribution is 5.94. The summed E-state index contributed by atoms with van der Waals surface area (Å²) in [5.41, 5.74) is 0.541. The number of hydrogen-bond donors (Lipinski definition) is 1. The van der Waals surface area contributed by atoms with Crippen molar-refractivity contribution in [1.82, 2.24) is 10.2 Å². The zero-order valence-electron chi connectivity index (χ0n) is 15.3. The average Bonchev–Trinajstić information content (AvgIpc) is 2.59. The van der Waals surface area contributed by atoms with Crippen LogP contribution in [-0.4, -0.2) is 55.8 Å². The molecule has 1 aliphatic rings. The molecule has 0 radical (unpaired) electrons. The number of nitrogens with zero attached hydrogens (tertiary/aromatic N) is 1. The third-order valence-corrected chi connectivity index (χ3v) is 4.23. The summed E-state index contributed by atoms with van der Waals surface area (Å²) >= 11 is 0. The minimum absolute atomic E-state index is 0.0636. The normalized spacial score (nSPS) is 16.2. The first-order valence-corrected chi connectivity index (χ1v) is 8.72. The summed E-state index contributed by atoms with van der Waals surface area (Å²) in [6.07, 6.45) is 0. The molecule has 134 valence electrons. The summed E-state index contributed by atoms with van der Waals surface area (Å²) in [5.74, 6) is 1.13. The summed E-state index contributed by atoms with van der Waals surface area (Å²) in [6, 6.07) is 7.37. The third kappa shape index (κ3) is 5.49. The smallest absolute Gasteiger partial charge is 0.251 e. The van der Waals surface area contributed by atoms with Gasteiger partial charge in [-0.05, 0) is 38.0 Å². The van der Waals surface area contributed by atoms with Crippen molar-refractivity contribution in [2.24, 2.45) is 5.92 Å². The standard InChI is InChI=1S/C19H30N2O3/c1-15(2)13-24-17-7-5-6-16(12-17)18(22)20-14-19(3,4)21-8-10-23-11-9-21/h5-7,12,15H,8-11,13-14H2,1-4H3,(H,20,22).